The number of rotatable bonds is 5. The molecule has 0 radical (unpaired) electrons. The van der Waals surface area contributed by atoms with Crippen molar-refractivity contribution < 1.29 is 0 Å². The molecular formula is C17H21BrN2. The number of halogens is 1. The number of benzene rings is 1. The fourth-order valence-corrected chi connectivity index (χ4v) is 2.95. The zero-order valence-electron chi connectivity index (χ0n) is 12.3. The maximum atomic E-state index is 4.59. The molecule has 1 aromatic carbocycles. The van der Waals surface area contributed by atoms with Crippen molar-refractivity contribution >= 4 is 15.9 Å². The lowest BCUT2D eigenvalue weighted by molar-refractivity contribution is 0.545. The highest BCUT2D eigenvalue weighted by Crippen LogP contribution is 2.22. The van der Waals surface area contributed by atoms with Gasteiger partial charge >= 0.3 is 0 Å². The zero-order chi connectivity index (χ0) is 14.5. The normalized spacial score (nSPS) is 12.4. The third kappa shape index (κ3) is 3.90. The van der Waals surface area contributed by atoms with Crippen LogP contribution in [0.1, 0.15) is 35.5 Å². The van der Waals surface area contributed by atoms with Crippen LogP contribution < -0.4 is 5.32 Å². The summed E-state index contributed by atoms with van der Waals surface area (Å²) in [5.74, 6) is 0. The Hall–Kier alpha value is -1.19. The molecule has 106 valence electrons. The molecule has 0 saturated carbocycles. The molecule has 1 N–H and O–H groups in total. The summed E-state index contributed by atoms with van der Waals surface area (Å²) in [4.78, 5) is 4.59. The van der Waals surface area contributed by atoms with E-state index in [9.17, 15) is 0 Å². The van der Waals surface area contributed by atoms with Crippen LogP contribution in [0.25, 0.3) is 0 Å². The second-order valence-electron chi connectivity index (χ2n) is 5.07. The van der Waals surface area contributed by atoms with Crippen molar-refractivity contribution in [2.75, 3.05) is 6.54 Å². The Bertz CT molecular complexity index is 581. The molecule has 1 heterocycles. The smallest absolute Gasteiger partial charge is 0.0423 e. The quantitative estimate of drug-likeness (QED) is 0.880. The molecule has 1 atom stereocenters. The van der Waals surface area contributed by atoms with Crippen LogP contribution in [0, 0.1) is 13.8 Å². The van der Waals surface area contributed by atoms with Gasteiger partial charge in [0.2, 0.25) is 0 Å². The lowest BCUT2D eigenvalue weighted by Crippen LogP contribution is -2.24. The van der Waals surface area contributed by atoms with Gasteiger partial charge in [-0.25, -0.2) is 0 Å². The van der Waals surface area contributed by atoms with E-state index < -0.39 is 0 Å². The first-order chi connectivity index (χ1) is 9.60. The molecule has 20 heavy (non-hydrogen) atoms. The molecule has 2 rings (SSSR count). The van der Waals surface area contributed by atoms with Gasteiger partial charge < -0.3 is 5.32 Å². The van der Waals surface area contributed by atoms with E-state index in [0.29, 0.717) is 6.04 Å². The maximum absolute atomic E-state index is 4.59. The number of aryl methyl sites for hydroxylation is 2. The van der Waals surface area contributed by atoms with E-state index in [2.05, 4.69) is 76.5 Å². The predicted octanol–water partition coefficient (Wildman–Crippen LogP) is 4.35. The summed E-state index contributed by atoms with van der Waals surface area (Å²) in [7, 11) is 0. The average molecular weight is 333 g/mol. The molecule has 0 spiro atoms. The molecule has 0 aliphatic carbocycles. The van der Waals surface area contributed by atoms with E-state index in [0.717, 1.165) is 28.8 Å². The summed E-state index contributed by atoms with van der Waals surface area (Å²) in [5.41, 5.74) is 4.80. The topological polar surface area (TPSA) is 24.9 Å². The Morgan fingerprint density at radius 2 is 2.00 bits per heavy atom. The highest BCUT2D eigenvalue weighted by atomic mass is 79.9. The molecule has 3 heteroatoms. The fourth-order valence-electron chi connectivity index (χ4n) is 2.50. The number of nitrogens with one attached hydrogen (secondary N) is 1. The Morgan fingerprint density at radius 1 is 1.20 bits per heavy atom. The Morgan fingerprint density at radius 3 is 2.65 bits per heavy atom. The predicted molar refractivity (Wildman–Crippen MR) is 88.0 cm³/mol. The number of likely N-dealkylation sites (N-methyl/N-ethyl adjacent to an activating group) is 1. The van der Waals surface area contributed by atoms with Crippen molar-refractivity contribution in [2.24, 2.45) is 0 Å². The van der Waals surface area contributed by atoms with Crippen LogP contribution in [0.3, 0.4) is 0 Å². The number of aromatic nitrogens is 1. The van der Waals surface area contributed by atoms with Crippen molar-refractivity contribution in [2.45, 2.75) is 33.2 Å². The zero-order valence-corrected chi connectivity index (χ0v) is 13.9. The highest BCUT2D eigenvalue weighted by molar-refractivity contribution is 9.10. The second kappa shape index (κ2) is 7.00. The highest BCUT2D eigenvalue weighted by Gasteiger charge is 2.14. The molecule has 0 fully saturated rings. The molecule has 0 amide bonds. The second-order valence-corrected chi connectivity index (χ2v) is 5.99. The van der Waals surface area contributed by atoms with Crippen LogP contribution in [0.4, 0.5) is 0 Å². The van der Waals surface area contributed by atoms with Gasteiger partial charge in [0.1, 0.15) is 0 Å². The van der Waals surface area contributed by atoms with Crippen molar-refractivity contribution in [1.82, 2.24) is 10.3 Å². The monoisotopic (exact) mass is 332 g/mol. The maximum Gasteiger partial charge on any atom is 0.0423 e. The van der Waals surface area contributed by atoms with Gasteiger partial charge in [0.15, 0.2) is 0 Å². The molecule has 0 saturated heterocycles. The first kappa shape index (κ1) is 15.2. The van der Waals surface area contributed by atoms with E-state index in [1.54, 1.807) is 0 Å². The van der Waals surface area contributed by atoms with Gasteiger partial charge in [-0.05, 0) is 56.1 Å². The van der Waals surface area contributed by atoms with Gasteiger partial charge in [0.05, 0.1) is 0 Å². The van der Waals surface area contributed by atoms with Crippen molar-refractivity contribution in [1.29, 1.82) is 0 Å². The lowest BCUT2D eigenvalue weighted by atomic mass is 9.97. The SMILES string of the molecule is CCNC(Cc1cccc(Br)c1)c1ccc(C)nc1C. The molecule has 1 unspecified atom stereocenters. The molecular weight excluding hydrogens is 312 g/mol. The first-order valence-corrected chi connectivity index (χ1v) is 7.81. The lowest BCUT2D eigenvalue weighted by Gasteiger charge is -2.20. The molecule has 1 aromatic heterocycles. The summed E-state index contributed by atoms with van der Waals surface area (Å²) in [6.45, 7) is 7.22. The van der Waals surface area contributed by atoms with Gasteiger partial charge in [0.25, 0.3) is 0 Å². The van der Waals surface area contributed by atoms with Gasteiger partial charge in [-0.1, -0.05) is 41.1 Å². The minimum Gasteiger partial charge on any atom is -0.310 e. The summed E-state index contributed by atoms with van der Waals surface area (Å²) in [6, 6.07) is 13.1. The van der Waals surface area contributed by atoms with Crippen LogP contribution in [-0.2, 0) is 6.42 Å². The molecule has 0 bridgehead atoms. The number of hydrogen-bond donors (Lipinski definition) is 1. The fraction of sp³-hybridized carbons (Fsp3) is 0.353. The van der Waals surface area contributed by atoms with Gasteiger partial charge in [-0.15, -0.1) is 0 Å². The van der Waals surface area contributed by atoms with Crippen LogP contribution in [-0.4, -0.2) is 11.5 Å². The van der Waals surface area contributed by atoms with Crippen molar-refractivity contribution in [3.05, 3.63) is 63.4 Å². The third-order valence-corrected chi connectivity index (χ3v) is 3.91. The van der Waals surface area contributed by atoms with Crippen molar-refractivity contribution in [3.8, 4) is 0 Å². The van der Waals surface area contributed by atoms with Crippen LogP contribution in [0.15, 0.2) is 40.9 Å². The molecule has 0 aliphatic rings. The number of nitrogens with zero attached hydrogens (tertiary/aromatic N) is 1. The summed E-state index contributed by atoms with van der Waals surface area (Å²) in [5, 5.41) is 3.57. The number of hydrogen-bond acceptors (Lipinski definition) is 2. The van der Waals surface area contributed by atoms with Gasteiger partial charge in [0, 0.05) is 21.9 Å². The average Bonchev–Trinajstić information content (AvgIpc) is 2.38. The Balaban J connectivity index is 2.26. The van der Waals surface area contributed by atoms with Crippen molar-refractivity contribution in [3.63, 3.8) is 0 Å². The summed E-state index contributed by atoms with van der Waals surface area (Å²) in [6.07, 6.45) is 0.971. The van der Waals surface area contributed by atoms with Crippen LogP contribution in [0.2, 0.25) is 0 Å². The Labute approximate surface area is 129 Å². The third-order valence-electron chi connectivity index (χ3n) is 3.42. The molecule has 2 aromatic rings. The van der Waals surface area contributed by atoms with Gasteiger partial charge in [-0.3, -0.25) is 4.98 Å². The first-order valence-electron chi connectivity index (χ1n) is 7.02. The largest absolute Gasteiger partial charge is 0.310 e. The van der Waals surface area contributed by atoms with Gasteiger partial charge in [-0.2, -0.15) is 0 Å². The standard InChI is InChI=1S/C17H21BrN2/c1-4-19-17(11-14-6-5-7-15(18)10-14)16-9-8-12(2)20-13(16)3/h5-10,17,19H,4,11H2,1-3H3. The van der Waals surface area contributed by atoms with Crippen LogP contribution in [0.5, 0.6) is 0 Å². The molecule has 0 aliphatic heterocycles. The summed E-state index contributed by atoms with van der Waals surface area (Å²) >= 11 is 3.54. The molecule has 2 nitrogen and oxygen atoms in total. The van der Waals surface area contributed by atoms with Crippen LogP contribution >= 0.6 is 15.9 Å². The summed E-state index contributed by atoms with van der Waals surface area (Å²) < 4.78 is 1.13. The number of pyridine rings is 1. The van der Waals surface area contributed by atoms with E-state index in [-0.39, 0.29) is 0 Å². The van der Waals surface area contributed by atoms with E-state index >= 15 is 0 Å². The minimum absolute atomic E-state index is 0.308. The minimum atomic E-state index is 0.308. The van der Waals surface area contributed by atoms with E-state index in [1.807, 2.05) is 6.92 Å². The Kier molecular flexibility index (Phi) is 5.32. The van der Waals surface area contributed by atoms with E-state index in [4.69, 9.17) is 0 Å². The van der Waals surface area contributed by atoms with E-state index in [1.165, 1.54) is 11.1 Å².